The third kappa shape index (κ3) is 5.33. The van der Waals surface area contributed by atoms with Gasteiger partial charge in [-0.2, -0.15) is 0 Å². The molecule has 31 heavy (non-hydrogen) atoms. The fourth-order valence-corrected chi connectivity index (χ4v) is 4.78. The van der Waals surface area contributed by atoms with E-state index >= 15 is 0 Å². The van der Waals surface area contributed by atoms with Crippen LogP contribution in [0.5, 0.6) is 0 Å². The van der Waals surface area contributed by atoms with Gasteiger partial charge in [0.05, 0.1) is 10.6 Å². The van der Waals surface area contributed by atoms with Gasteiger partial charge in [0, 0.05) is 5.69 Å². The van der Waals surface area contributed by atoms with Crippen molar-refractivity contribution in [2.75, 3.05) is 16.2 Å². The van der Waals surface area contributed by atoms with Crippen molar-refractivity contribution < 1.29 is 13.2 Å². The van der Waals surface area contributed by atoms with Gasteiger partial charge in [-0.3, -0.25) is 9.10 Å². The highest BCUT2D eigenvalue weighted by atomic mass is 32.2. The van der Waals surface area contributed by atoms with Crippen LogP contribution < -0.4 is 9.62 Å². The summed E-state index contributed by atoms with van der Waals surface area (Å²) in [7, 11) is -3.93. The van der Waals surface area contributed by atoms with Crippen molar-refractivity contribution >= 4 is 27.3 Å². The Morgan fingerprint density at radius 2 is 1.58 bits per heavy atom. The molecule has 3 aromatic carbocycles. The number of carbonyl (C=O) groups excluding carboxylic acids is 1. The molecule has 0 bridgehead atoms. The molecule has 0 spiro atoms. The Bertz CT molecular complexity index is 1170. The van der Waals surface area contributed by atoms with Crippen molar-refractivity contribution in [1.82, 2.24) is 0 Å². The number of benzene rings is 3. The second-order valence-electron chi connectivity index (χ2n) is 7.95. The first-order valence-corrected chi connectivity index (χ1v) is 11.7. The van der Waals surface area contributed by atoms with Gasteiger partial charge < -0.3 is 5.32 Å². The number of sulfonamides is 1. The summed E-state index contributed by atoms with van der Waals surface area (Å²) >= 11 is 0. The summed E-state index contributed by atoms with van der Waals surface area (Å²) in [5, 5.41) is 2.89. The standard InChI is InChI=1S/C25H28N2O3S/c1-18(2)23-10-5-6-11-24(23)26-25(28)17-27(21-9-7-8-20(4)16-21)31(29,30)22-14-12-19(3)13-15-22/h5-16,18H,17H2,1-4H3,(H,26,28). The van der Waals surface area contributed by atoms with Crippen LogP contribution in [0.1, 0.15) is 36.5 Å². The Morgan fingerprint density at radius 1 is 0.903 bits per heavy atom. The third-order valence-corrected chi connectivity index (χ3v) is 6.83. The summed E-state index contributed by atoms with van der Waals surface area (Å²) < 4.78 is 28.1. The third-order valence-electron chi connectivity index (χ3n) is 5.04. The zero-order chi connectivity index (χ0) is 22.6. The van der Waals surface area contributed by atoms with Gasteiger partial charge in [-0.1, -0.05) is 61.9 Å². The number of anilines is 2. The van der Waals surface area contributed by atoms with Gasteiger partial charge in [0.15, 0.2) is 0 Å². The molecular weight excluding hydrogens is 408 g/mol. The molecule has 0 aliphatic carbocycles. The van der Waals surface area contributed by atoms with Crippen molar-refractivity contribution in [2.45, 2.75) is 38.5 Å². The molecule has 0 unspecified atom stereocenters. The number of nitrogens with one attached hydrogen (secondary N) is 1. The van der Waals surface area contributed by atoms with Crippen LogP contribution in [-0.4, -0.2) is 20.9 Å². The molecule has 0 aromatic heterocycles. The van der Waals surface area contributed by atoms with E-state index < -0.39 is 15.9 Å². The monoisotopic (exact) mass is 436 g/mol. The molecule has 0 saturated heterocycles. The van der Waals surface area contributed by atoms with Gasteiger partial charge in [-0.15, -0.1) is 0 Å². The smallest absolute Gasteiger partial charge is 0.264 e. The van der Waals surface area contributed by atoms with Crippen molar-refractivity contribution in [1.29, 1.82) is 0 Å². The summed E-state index contributed by atoms with van der Waals surface area (Å²) in [6, 6.07) is 21.3. The van der Waals surface area contributed by atoms with E-state index in [1.165, 1.54) is 0 Å². The highest BCUT2D eigenvalue weighted by Crippen LogP contribution is 2.26. The molecule has 0 atom stereocenters. The number of hydrogen-bond donors (Lipinski definition) is 1. The summed E-state index contributed by atoms with van der Waals surface area (Å²) in [6.45, 7) is 7.55. The predicted octanol–water partition coefficient (Wildman–Crippen LogP) is 5.26. The average molecular weight is 437 g/mol. The van der Waals surface area contributed by atoms with Crippen LogP contribution >= 0.6 is 0 Å². The maximum Gasteiger partial charge on any atom is 0.264 e. The lowest BCUT2D eigenvalue weighted by Gasteiger charge is -2.25. The lowest BCUT2D eigenvalue weighted by Crippen LogP contribution is -2.38. The van der Waals surface area contributed by atoms with Crippen molar-refractivity contribution in [3.05, 3.63) is 89.5 Å². The topological polar surface area (TPSA) is 66.5 Å². The molecule has 1 amide bonds. The Labute approximate surface area is 184 Å². The van der Waals surface area contributed by atoms with Crippen LogP contribution in [0, 0.1) is 13.8 Å². The van der Waals surface area contributed by atoms with E-state index in [0.717, 1.165) is 21.0 Å². The lowest BCUT2D eigenvalue weighted by atomic mass is 10.0. The minimum atomic E-state index is -3.93. The highest BCUT2D eigenvalue weighted by molar-refractivity contribution is 7.92. The fraction of sp³-hybridized carbons (Fsp3) is 0.240. The van der Waals surface area contributed by atoms with E-state index in [4.69, 9.17) is 0 Å². The molecule has 3 rings (SSSR count). The molecule has 162 valence electrons. The molecule has 6 heteroatoms. The normalized spacial score (nSPS) is 11.4. The van der Waals surface area contributed by atoms with E-state index in [1.54, 1.807) is 42.5 Å². The summed E-state index contributed by atoms with van der Waals surface area (Å²) in [6.07, 6.45) is 0. The first kappa shape index (κ1) is 22.6. The van der Waals surface area contributed by atoms with Gasteiger partial charge >= 0.3 is 0 Å². The number of hydrogen-bond acceptors (Lipinski definition) is 3. The van der Waals surface area contributed by atoms with Gasteiger partial charge in [0.2, 0.25) is 5.91 Å². The number of nitrogens with zero attached hydrogens (tertiary/aromatic N) is 1. The Kier molecular flexibility index (Phi) is 6.81. The zero-order valence-electron chi connectivity index (χ0n) is 18.3. The summed E-state index contributed by atoms with van der Waals surface area (Å²) in [5.74, 6) is -0.175. The Balaban J connectivity index is 1.96. The van der Waals surface area contributed by atoms with Gasteiger partial charge in [-0.25, -0.2) is 8.42 Å². The Morgan fingerprint density at radius 3 is 2.23 bits per heavy atom. The first-order valence-electron chi connectivity index (χ1n) is 10.2. The zero-order valence-corrected chi connectivity index (χ0v) is 19.1. The number of amides is 1. The number of carbonyl (C=O) groups is 1. The molecule has 0 aliphatic rings. The molecule has 1 N–H and O–H groups in total. The van der Waals surface area contributed by atoms with Crippen LogP contribution in [0.3, 0.4) is 0 Å². The molecule has 3 aromatic rings. The summed E-state index contributed by atoms with van der Waals surface area (Å²) in [4.78, 5) is 13.1. The van der Waals surface area contributed by atoms with E-state index in [2.05, 4.69) is 5.32 Å². The molecular formula is C25H28N2O3S. The summed E-state index contributed by atoms with van der Waals surface area (Å²) in [5.41, 5.74) is 4.02. The average Bonchev–Trinajstić information content (AvgIpc) is 2.72. The molecule has 0 radical (unpaired) electrons. The lowest BCUT2D eigenvalue weighted by molar-refractivity contribution is -0.114. The van der Waals surface area contributed by atoms with E-state index in [9.17, 15) is 13.2 Å². The number of para-hydroxylation sites is 1. The van der Waals surface area contributed by atoms with Gasteiger partial charge in [-0.05, 0) is 61.2 Å². The van der Waals surface area contributed by atoms with E-state index in [1.807, 2.05) is 58.0 Å². The van der Waals surface area contributed by atoms with E-state index in [0.29, 0.717) is 11.4 Å². The Hall–Kier alpha value is -3.12. The van der Waals surface area contributed by atoms with Crippen molar-refractivity contribution in [3.63, 3.8) is 0 Å². The number of rotatable bonds is 7. The molecule has 5 nitrogen and oxygen atoms in total. The molecule has 0 aliphatic heterocycles. The molecule has 0 saturated carbocycles. The maximum atomic E-state index is 13.5. The van der Waals surface area contributed by atoms with Crippen LogP contribution in [-0.2, 0) is 14.8 Å². The predicted molar refractivity (Wildman–Crippen MR) is 126 cm³/mol. The van der Waals surface area contributed by atoms with Gasteiger partial charge in [0.25, 0.3) is 10.0 Å². The minimum Gasteiger partial charge on any atom is -0.324 e. The van der Waals surface area contributed by atoms with Crippen molar-refractivity contribution in [2.24, 2.45) is 0 Å². The fourth-order valence-electron chi connectivity index (χ4n) is 3.37. The van der Waals surface area contributed by atoms with E-state index in [-0.39, 0.29) is 17.4 Å². The van der Waals surface area contributed by atoms with Crippen LogP contribution in [0.15, 0.2) is 77.7 Å². The largest absolute Gasteiger partial charge is 0.324 e. The molecule has 0 fully saturated rings. The second kappa shape index (κ2) is 9.35. The minimum absolute atomic E-state index is 0.148. The van der Waals surface area contributed by atoms with Crippen LogP contribution in [0.25, 0.3) is 0 Å². The SMILES string of the molecule is Cc1ccc(S(=O)(=O)N(CC(=O)Nc2ccccc2C(C)C)c2cccc(C)c2)cc1. The highest BCUT2D eigenvalue weighted by Gasteiger charge is 2.27. The van der Waals surface area contributed by atoms with Gasteiger partial charge in [0.1, 0.15) is 6.54 Å². The maximum absolute atomic E-state index is 13.5. The van der Waals surface area contributed by atoms with Crippen molar-refractivity contribution in [3.8, 4) is 0 Å². The quantitative estimate of drug-likeness (QED) is 0.549. The van der Waals surface area contributed by atoms with Crippen LogP contribution in [0.2, 0.25) is 0 Å². The van der Waals surface area contributed by atoms with Crippen LogP contribution in [0.4, 0.5) is 11.4 Å². The second-order valence-corrected chi connectivity index (χ2v) is 9.82. The molecule has 0 heterocycles. The first-order chi connectivity index (χ1) is 14.7. The number of aryl methyl sites for hydroxylation is 2.